The van der Waals surface area contributed by atoms with Gasteiger partial charge >= 0.3 is 0 Å². The summed E-state index contributed by atoms with van der Waals surface area (Å²) in [5.74, 6) is -0.0625. The molecule has 0 fully saturated rings. The fourth-order valence-corrected chi connectivity index (χ4v) is 6.51. The summed E-state index contributed by atoms with van der Waals surface area (Å²) >= 11 is 0. The zero-order valence-corrected chi connectivity index (χ0v) is 26.4. The number of benzene rings is 4. The summed E-state index contributed by atoms with van der Waals surface area (Å²) in [5, 5.41) is 26.4. The number of nitrogens with zero attached hydrogens (tertiary/aromatic N) is 2. The minimum atomic E-state index is -1.49. The van der Waals surface area contributed by atoms with Gasteiger partial charge in [0.15, 0.2) is 5.78 Å². The van der Waals surface area contributed by atoms with E-state index in [4.69, 9.17) is 10.1 Å². The summed E-state index contributed by atoms with van der Waals surface area (Å²) in [4.78, 5) is 14.7. The maximum Gasteiger partial charge on any atom is 0.155 e. The van der Waals surface area contributed by atoms with Gasteiger partial charge in [-0.3, -0.25) is 9.78 Å². The molecule has 0 spiro atoms. The molecule has 0 aliphatic heterocycles. The number of rotatable bonds is 3. The summed E-state index contributed by atoms with van der Waals surface area (Å²) in [7, 11) is -1.49. The third-order valence-corrected chi connectivity index (χ3v) is 8.42. The predicted octanol–water partition coefficient (Wildman–Crippen LogP) is 7.77. The SMILES string of the molecule is CC(=O)/C=C(/C)O.Cc1cc([Si](C)(C)C)c2ccc3c(-c4[c-]c5ccccc5c(C#N)c4)nccc3c2c1.[Ir]. The molecule has 4 nitrogen and oxygen atoms in total. The summed E-state index contributed by atoms with van der Waals surface area (Å²) in [6, 6.07) is 26.9. The molecule has 0 saturated heterocycles. The molecule has 0 aliphatic rings. The maximum atomic E-state index is 10.0. The number of aliphatic hydroxyl groups is 1. The predicted molar refractivity (Wildman–Crippen MR) is 161 cm³/mol. The van der Waals surface area contributed by atoms with Crippen LogP contribution >= 0.6 is 0 Å². The molecule has 1 radical (unpaired) electrons. The number of carbonyl (C=O) groups is 1. The van der Waals surface area contributed by atoms with Crippen molar-refractivity contribution in [1.82, 2.24) is 4.98 Å². The topological polar surface area (TPSA) is 74.0 Å². The van der Waals surface area contributed by atoms with Gasteiger partial charge in [0.1, 0.15) is 0 Å². The van der Waals surface area contributed by atoms with Crippen LogP contribution in [0.1, 0.15) is 25.0 Å². The smallest absolute Gasteiger partial charge is 0.155 e. The second-order valence-electron chi connectivity index (χ2n) is 10.6. The number of fused-ring (bicyclic) bond motifs is 4. The molecule has 1 aromatic heterocycles. The zero-order chi connectivity index (χ0) is 27.6. The quantitative estimate of drug-likeness (QED) is 0.0684. The van der Waals surface area contributed by atoms with Crippen molar-refractivity contribution in [1.29, 1.82) is 5.26 Å². The maximum absolute atomic E-state index is 10.0. The van der Waals surface area contributed by atoms with Crippen LogP contribution in [0.25, 0.3) is 43.6 Å². The van der Waals surface area contributed by atoms with E-state index in [1.807, 2.05) is 36.5 Å². The molecule has 1 N–H and O–H groups in total. The van der Waals surface area contributed by atoms with Crippen molar-refractivity contribution < 1.29 is 30.0 Å². The van der Waals surface area contributed by atoms with Gasteiger partial charge in [0.2, 0.25) is 0 Å². The van der Waals surface area contributed by atoms with Crippen molar-refractivity contribution in [3.8, 4) is 17.3 Å². The fourth-order valence-electron chi connectivity index (χ4n) is 4.82. The number of allylic oxidation sites excluding steroid dienone is 2. The van der Waals surface area contributed by atoms with E-state index in [1.54, 1.807) is 0 Å². The van der Waals surface area contributed by atoms with Gasteiger partial charge in [0.25, 0.3) is 0 Å². The molecule has 5 aromatic rings. The second kappa shape index (κ2) is 12.0. The number of hydrogen-bond acceptors (Lipinski definition) is 4. The van der Waals surface area contributed by atoms with Crippen LogP contribution in [-0.2, 0) is 24.9 Å². The molecule has 6 heteroatoms. The average molecular weight is 708 g/mol. The van der Waals surface area contributed by atoms with Gasteiger partial charge in [0.05, 0.1) is 19.9 Å². The van der Waals surface area contributed by atoms with Crippen molar-refractivity contribution in [2.45, 2.75) is 40.4 Å². The van der Waals surface area contributed by atoms with E-state index < -0.39 is 8.07 Å². The number of nitriles is 1. The molecule has 0 saturated carbocycles. The van der Waals surface area contributed by atoms with Crippen molar-refractivity contribution in [3.63, 3.8) is 0 Å². The minimum absolute atomic E-state index is 0. The Morgan fingerprint density at radius 3 is 2.26 bits per heavy atom. The first-order chi connectivity index (χ1) is 18.0. The first-order valence-electron chi connectivity index (χ1n) is 12.6. The van der Waals surface area contributed by atoms with Gasteiger partial charge in [-0.05, 0) is 53.9 Å². The van der Waals surface area contributed by atoms with Gasteiger partial charge in [-0.25, -0.2) is 0 Å². The van der Waals surface area contributed by atoms with Gasteiger partial charge in [-0.1, -0.05) is 83.8 Å². The van der Waals surface area contributed by atoms with Gasteiger partial charge in [-0.2, -0.15) is 5.26 Å². The molecule has 0 atom stereocenters. The molecule has 199 valence electrons. The number of carbonyl (C=O) groups excluding carboxylic acids is 1. The van der Waals surface area contributed by atoms with Crippen LogP contribution in [0, 0.1) is 24.3 Å². The third-order valence-electron chi connectivity index (χ3n) is 6.39. The van der Waals surface area contributed by atoms with Crippen LogP contribution in [-0.4, -0.2) is 23.9 Å². The van der Waals surface area contributed by atoms with Crippen LogP contribution < -0.4 is 5.19 Å². The average Bonchev–Trinajstić information content (AvgIpc) is 2.86. The van der Waals surface area contributed by atoms with E-state index >= 15 is 0 Å². The Morgan fingerprint density at radius 1 is 0.949 bits per heavy atom. The largest absolute Gasteiger partial charge is 0.512 e. The number of ketones is 1. The minimum Gasteiger partial charge on any atom is -0.512 e. The monoisotopic (exact) mass is 708 g/mol. The van der Waals surface area contributed by atoms with E-state index in [-0.39, 0.29) is 31.6 Å². The number of hydrogen-bond donors (Lipinski definition) is 1. The summed E-state index contributed by atoms with van der Waals surface area (Å²) < 4.78 is 0. The number of aromatic nitrogens is 1. The van der Waals surface area contributed by atoms with Crippen molar-refractivity contribution in [3.05, 3.63) is 95.9 Å². The van der Waals surface area contributed by atoms with Gasteiger partial charge < -0.3 is 5.11 Å². The molecular weight excluding hydrogens is 677 g/mol. The summed E-state index contributed by atoms with van der Waals surface area (Å²) in [6.07, 6.45) is 3.04. The van der Waals surface area contributed by atoms with E-state index in [0.29, 0.717) is 5.56 Å². The van der Waals surface area contributed by atoms with Gasteiger partial charge in [-0.15, -0.1) is 23.6 Å². The number of aryl methyl sites for hydroxylation is 1. The summed E-state index contributed by atoms with van der Waals surface area (Å²) in [6.45, 7) is 12.2. The van der Waals surface area contributed by atoms with E-state index in [9.17, 15) is 10.1 Å². The first kappa shape index (κ1) is 29.9. The molecule has 0 aliphatic carbocycles. The molecule has 4 aromatic carbocycles. The first-order valence-corrected chi connectivity index (χ1v) is 16.1. The van der Waals surface area contributed by atoms with Crippen LogP contribution in [0.2, 0.25) is 19.6 Å². The van der Waals surface area contributed by atoms with Crippen molar-refractivity contribution in [2.75, 3.05) is 0 Å². The van der Waals surface area contributed by atoms with Crippen molar-refractivity contribution in [2.24, 2.45) is 0 Å². The Labute approximate surface area is 244 Å². The van der Waals surface area contributed by atoms with E-state index in [0.717, 1.165) is 27.4 Å². The summed E-state index contributed by atoms with van der Waals surface area (Å²) in [5.41, 5.74) is 3.68. The Balaban J connectivity index is 0.000000468. The van der Waals surface area contributed by atoms with Crippen molar-refractivity contribution >= 4 is 51.4 Å². The normalized spacial score (nSPS) is 11.5. The molecular formula is C33H31IrN2O2Si-. The standard InChI is InChI=1S/C28H23N2Si.C5H8O2.Ir/c1-18-13-26-23-11-12-30-28(25(23)10-9-24(26)27(14-18)31(2,3)4)20-15-19-7-5-6-8-22(19)21(16-20)17-29;1-4(6)3-5(2)7;/h5-14,16H,1-4H3;3,6H,1-2H3;/q-1;;/b;4-3-;. The van der Waals surface area contributed by atoms with Crippen LogP contribution in [0.15, 0.2) is 78.7 Å². The number of aliphatic hydroxyl groups excluding tert-OH is 1. The molecule has 0 amide bonds. The Bertz CT molecular complexity index is 1780. The molecule has 5 rings (SSSR count). The van der Waals surface area contributed by atoms with Crippen LogP contribution in [0.5, 0.6) is 0 Å². The Hall–Kier alpha value is -3.62. The fraction of sp³-hybridized carbons (Fsp3) is 0.182. The van der Waals surface area contributed by atoms with E-state index in [1.165, 1.54) is 46.8 Å². The Morgan fingerprint density at radius 2 is 1.64 bits per heavy atom. The Kier molecular flexibility index (Phi) is 9.25. The molecule has 0 bridgehead atoms. The third kappa shape index (κ3) is 6.51. The van der Waals surface area contributed by atoms with E-state index in [2.05, 4.69) is 69.0 Å². The number of pyridine rings is 1. The zero-order valence-electron chi connectivity index (χ0n) is 23.0. The van der Waals surface area contributed by atoms with Crippen LogP contribution in [0.3, 0.4) is 0 Å². The second-order valence-corrected chi connectivity index (χ2v) is 15.7. The molecule has 39 heavy (non-hydrogen) atoms. The van der Waals surface area contributed by atoms with Gasteiger partial charge in [0, 0.05) is 38.1 Å². The molecule has 1 heterocycles. The molecule has 0 unspecified atom stereocenters. The van der Waals surface area contributed by atoms with Crippen LogP contribution in [0.4, 0.5) is 0 Å².